The summed E-state index contributed by atoms with van der Waals surface area (Å²) >= 11 is 0. The molecule has 1 saturated heterocycles. The molecule has 33 heavy (non-hydrogen) atoms. The number of benzene rings is 3. The van der Waals surface area contributed by atoms with Crippen molar-refractivity contribution in [1.82, 2.24) is 4.90 Å². The van der Waals surface area contributed by atoms with Crippen molar-refractivity contribution < 1.29 is 23.4 Å². The molecule has 1 N–H and O–H groups in total. The van der Waals surface area contributed by atoms with E-state index in [2.05, 4.69) is 5.32 Å². The van der Waals surface area contributed by atoms with E-state index < -0.39 is 0 Å². The van der Waals surface area contributed by atoms with Gasteiger partial charge in [-0.1, -0.05) is 24.3 Å². The van der Waals surface area contributed by atoms with Crippen LogP contribution in [-0.2, 0) is 6.61 Å². The molecule has 0 saturated carbocycles. The van der Waals surface area contributed by atoms with E-state index in [-0.39, 0.29) is 18.0 Å². The Balaban J connectivity index is 1.23. The summed E-state index contributed by atoms with van der Waals surface area (Å²) in [6.45, 7) is 1.52. The van der Waals surface area contributed by atoms with E-state index in [0.717, 1.165) is 24.2 Å². The summed E-state index contributed by atoms with van der Waals surface area (Å²) in [6, 6.07) is 21.0. The quantitative estimate of drug-likeness (QED) is 0.517. The highest BCUT2D eigenvalue weighted by molar-refractivity contribution is 5.91. The Kier molecular flexibility index (Phi) is 7.29. The number of amides is 2. The second kappa shape index (κ2) is 10.7. The molecule has 6 nitrogen and oxygen atoms in total. The summed E-state index contributed by atoms with van der Waals surface area (Å²) in [5.74, 6) is 1.80. The van der Waals surface area contributed by atoms with Crippen LogP contribution in [0.4, 0.5) is 14.9 Å². The third-order valence-corrected chi connectivity index (χ3v) is 5.50. The first-order valence-electron chi connectivity index (χ1n) is 10.9. The minimum atomic E-state index is -0.275. The van der Waals surface area contributed by atoms with Gasteiger partial charge in [0.25, 0.3) is 0 Å². The van der Waals surface area contributed by atoms with Gasteiger partial charge in [-0.25, -0.2) is 9.18 Å². The van der Waals surface area contributed by atoms with Crippen molar-refractivity contribution in [2.45, 2.75) is 25.6 Å². The van der Waals surface area contributed by atoms with Gasteiger partial charge in [-0.3, -0.25) is 0 Å². The Labute approximate surface area is 192 Å². The normalized spacial score (nSPS) is 13.9. The van der Waals surface area contributed by atoms with E-state index >= 15 is 0 Å². The minimum Gasteiger partial charge on any atom is -0.495 e. The van der Waals surface area contributed by atoms with Crippen LogP contribution in [0.2, 0.25) is 0 Å². The molecule has 0 spiro atoms. The monoisotopic (exact) mass is 450 g/mol. The molecular formula is C26H27FN2O4. The van der Waals surface area contributed by atoms with Crippen LogP contribution in [0.5, 0.6) is 17.2 Å². The lowest BCUT2D eigenvalue weighted by atomic mass is 10.1. The van der Waals surface area contributed by atoms with Gasteiger partial charge in [0.2, 0.25) is 0 Å². The predicted octanol–water partition coefficient (Wildman–Crippen LogP) is 5.49. The number of halogens is 1. The molecule has 3 aromatic carbocycles. The Morgan fingerprint density at radius 1 is 1.00 bits per heavy atom. The summed E-state index contributed by atoms with van der Waals surface area (Å²) in [6.07, 6.45) is 1.54. The van der Waals surface area contributed by atoms with Crippen molar-refractivity contribution >= 4 is 11.7 Å². The summed E-state index contributed by atoms with van der Waals surface area (Å²) < 4.78 is 30.4. The van der Waals surface area contributed by atoms with E-state index in [9.17, 15) is 9.18 Å². The van der Waals surface area contributed by atoms with Gasteiger partial charge in [0.05, 0.1) is 12.8 Å². The molecular weight excluding hydrogens is 423 g/mol. The van der Waals surface area contributed by atoms with Crippen LogP contribution in [-0.4, -0.2) is 37.2 Å². The molecule has 0 unspecified atom stereocenters. The number of anilines is 1. The fraction of sp³-hybridized carbons (Fsp3) is 0.269. The van der Waals surface area contributed by atoms with Crippen LogP contribution < -0.4 is 19.5 Å². The van der Waals surface area contributed by atoms with Gasteiger partial charge in [-0.15, -0.1) is 0 Å². The maximum Gasteiger partial charge on any atom is 0.321 e. The zero-order chi connectivity index (χ0) is 23.0. The number of likely N-dealkylation sites (tertiary alicyclic amines) is 1. The van der Waals surface area contributed by atoms with Crippen molar-refractivity contribution in [3.8, 4) is 17.2 Å². The number of carbonyl (C=O) groups excluding carboxylic acids is 1. The van der Waals surface area contributed by atoms with Crippen molar-refractivity contribution in [1.29, 1.82) is 0 Å². The van der Waals surface area contributed by atoms with E-state index in [1.54, 1.807) is 18.1 Å². The van der Waals surface area contributed by atoms with Crippen LogP contribution in [0.25, 0.3) is 0 Å². The van der Waals surface area contributed by atoms with Gasteiger partial charge in [0.15, 0.2) is 0 Å². The van der Waals surface area contributed by atoms with E-state index in [1.807, 2.05) is 54.6 Å². The number of hydrogen-bond acceptors (Lipinski definition) is 4. The molecule has 1 heterocycles. The maximum absolute atomic E-state index is 13.3. The number of nitrogens with zero attached hydrogens (tertiary/aromatic N) is 1. The van der Waals surface area contributed by atoms with Crippen molar-refractivity contribution in [3.05, 3.63) is 84.2 Å². The number of carbonyl (C=O) groups is 1. The number of ether oxygens (including phenoxy) is 3. The summed E-state index contributed by atoms with van der Waals surface area (Å²) in [4.78, 5) is 14.4. The van der Waals surface area contributed by atoms with Gasteiger partial charge >= 0.3 is 6.03 Å². The standard InChI is InChI=1S/C26H27FN2O4/c1-31-25-8-3-2-7-24(25)28-26(30)29-15-13-23(14-16-29)33-22-11-9-21(10-12-22)32-18-19-5-4-6-20(27)17-19/h2-12,17,23H,13-16,18H2,1H3,(H,28,30). The highest BCUT2D eigenvalue weighted by atomic mass is 19.1. The number of piperidine rings is 1. The Morgan fingerprint density at radius 3 is 2.45 bits per heavy atom. The van der Waals surface area contributed by atoms with Gasteiger partial charge < -0.3 is 24.4 Å². The molecule has 172 valence electrons. The largest absolute Gasteiger partial charge is 0.495 e. The minimum absolute atomic E-state index is 0.0411. The highest BCUT2D eigenvalue weighted by Crippen LogP contribution is 2.25. The van der Waals surface area contributed by atoms with Crippen molar-refractivity contribution in [3.63, 3.8) is 0 Å². The van der Waals surface area contributed by atoms with Gasteiger partial charge in [-0.05, 0) is 54.1 Å². The molecule has 0 aromatic heterocycles. The molecule has 0 radical (unpaired) electrons. The van der Waals surface area contributed by atoms with E-state index in [0.29, 0.717) is 36.9 Å². The van der Waals surface area contributed by atoms with Gasteiger partial charge in [-0.2, -0.15) is 0 Å². The average molecular weight is 451 g/mol. The molecule has 7 heteroatoms. The number of hydrogen-bond donors (Lipinski definition) is 1. The first kappa shape index (κ1) is 22.5. The number of rotatable bonds is 7. The lowest BCUT2D eigenvalue weighted by Crippen LogP contribution is -2.43. The van der Waals surface area contributed by atoms with Crippen LogP contribution in [0, 0.1) is 5.82 Å². The number of nitrogens with one attached hydrogen (secondary N) is 1. The third kappa shape index (κ3) is 6.16. The molecule has 4 rings (SSSR count). The van der Waals surface area contributed by atoms with Crippen LogP contribution in [0.3, 0.4) is 0 Å². The fourth-order valence-corrected chi connectivity index (χ4v) is 3.72. The molecule has 0 atom stereocenters. The second-order valence-corrected chi connectivity index (χ2v) is 7.82. The van der Waals surface area contributed by atoms with Gasteiger partial charge in [0.1, 0.15) is 35.8 Å². The van der Waals surface area contributed by atoms with E-state index in [4.69, 9.17) is 14.2 Å². The van der Waals surface area contributed by atoms with Crippen LogP contribution in [0.15, 0.2) is 72.8 Å². The summed E-state index contributed by atoms with van der Waals surface area (Å²) in [7, 11) is 1.58. The highest BCUT2D eigenvalue weighted by Gasteiger charge is 2.24. The molecule has 3 aromatic rings. The lowest BCUT2D eigenvalue weighted by molar-refractivity contribution is 0.115. The third-order valence-electron chi connectivity index (χ3n) is 5.50. The first-order valence-corrected chi connectivity index (χ1v) is 10.9. The average Bonchev–Trinajstić information content (AvgIpc) is 2.84. The number of methoxy groups -OCH3 is 1. The molecule has 1 aliphatic heterocycles. The molecule has 1 fully saturated rings. The Morgan fingerprint density at radius 2 is 1.73 bits per heavy atom. The van der Waals surface area contributed by atoms with E-state index in [1.165, 1.54) is 12.1 Å². The van der Waals surface area contributed by atoms with Crippen LogP contribution >= 0.6 is 0 Å². The number of urea groups is 1. The topological polar surface area (TPSA) is 60.0 Å². The Hall–Kier alpha value is -3.74. The summed E-state index contributed by atoms with van der Waals surface area (Å²) in [5, 5.41) is 2.92. The lowest BCUT2D eigenvalue weighted by Gasteiger charge is -2.32. The molecule has 1 aliphatic rings. The zero-order valence-electron chi connectivity index (χ0n) is 18.5. The van der Waals surface area contributed by atoms with Crippen molar-refractivity contribution in [2.75, 3.05) is 25.5 Å². The summed E-state index contributed by atoms with van der Waals surface area (Å²) in [5.41, 5.74) is 1.43. The molecule has 2 amide bonds. The maximum atomic E-state index is 13.3. The Bertz CT molecular complexity index is 1070. The van der Waals surface area contributed by atoms with Crippen molar-refractivity contribution in [2.24, 2.45) is 0 Å². The smallest absolute Gasteiger partial charge is 0.321 e. The zero-order valence-corrected chi connectivity index (χ0v) is 18.5. The first-order chi connectivity index (χ1) is 16.1. The van der Waals surface area contributed by atoms with Crippen LogP contribution in [0.1, 0.15) is 18.4 Å². The SMILES string of the molecule is COc1ccccc1NC(=O)N1CCC(Oc2ccc(OCc3cccc(F)c3)cc2)CC1. The van der Waals surface area contributed by atoms with Gasteiger partial charge in [0, 0.05) is 25.9 Å². The molecule has 0 aliphatic carbocycles. The predicted molar refractivity (Wildman–Crippen MR) is 124 cm³/mol. The second-order valence-electron chi connectivity index (χ2n) is 7.82. The number of para-hydroxylation sites is 2. The molecule has 0 bridgehead atoms. The fourth-order valence-electron chi connectivity index (χ4n) is 3.72.